The van der Waals surface area contributed by atoms with Gasteiger partial charge in [-0.15, -0.1) is 0 Å². The van der Waals surface area contributed by atoms with E-state index in [4.69, 9.17) is 27.9 Å². The summed E-state index contributed by atoms with van der Waals surface area (Å²) in [6, 6.07) is 16.0. The second kappa shape index (κ2) is 12.0. The first kappa shape index (κ1) is 29.9. The summed E-state index contributed by atoms with van der Waals surface area (Å²) in [5.41, 5.74) is 12.0. The quantitative estimate of drug-likeness (QED) is 0.190. The molecule has 3 aromatic carbocycles. The number of amides is 1. The van der Waals surface area contributed by atoms with Crippen LogP contribution in [0.5, 0.6) is 5.75 Å². The number of rotatable bonds is 8. The van der Waals surface area contributed by atoms with Crippen molar-refractivity contribution in [2.45, 2.75) is 53.9 Å². The van der Waals surface area contributed by atoms with E-state index in [0.717, 1.165) is 84.4 Å². The van der Waals surface area contributed by atoms with Crippen molar-refractivity contribution >= 4 is 40.4 Å². The van der Waals surface area contributed by atoms with Gasteiger partial charge in [-0.05, 0) is 106 Å². The standard InChI is InChI=1S/C35H37Cl2N3O2/c1-20-10-12-25(13-11-20)39(6)35(41)30-19-29-28(14-15-31(36)33(29)32-23(4)38-40(7)24(32)5)27(30)9-8-16-42-26-17-21(2)34(37)22(3)18-26/h10-15,17-18H,8-9,16,19H2,1-7H3. The number of aryl methyl sites for hydroxylation is 5. The molecule has 1 aliphatic carbocycles. The highest BCUT2D eigenvalue weighted by molar-refractivity contribution is 6.34. The van der Waals surface area contributed by atoms with Crippen LogP contribution in [-0.4, -0.2) is 29.3 Å². The molecular formula is C35H37Cl2N3O2. The second-order valence-corrected chi connectivity index (χ2v) is 12.1. The number of carbonyl (C=O) groups excluding carboxylic acids is 1. The Morgan fingerprint density at radius 3 is 2.26 bits per heavy atom. The summed E-state index contributed by atoms with van der Waals surface area (Å²) in [6.07, 6.45) is 1.97. The zero-order valence-electron chi connectivity index (χ0n) is 25.4. The fourth-order valence-electron chi connectivity index (χ4n) is 5.94. The van der Waals surface area contributed by atoms with Gasteiger partial charge in [-0.25, -0.2) is 0 Å². The largest absolute Gasteiger partial charge is 0.494 e. The number of hydrogen-bond acceptors (Lipinski definition) is 3. The molecule has 5 rings (SSSR count). The maximum absolute atomic E-state index is 14.1. The van der Waals surface area contributed by atoms with Crippen molar-refractivity contribution in [2.75, 3.05) is 18.6 Å². The van der Waals surface area contributed by atoms with E-state index in [9.17, 15) is 4.79 Å². The number of carbonyl (C=O) groups is 1. The Kier molecular flexibility index (Phi) is 8.54. The molecule has 5 nitrogen and oxygen atoms in total. The molecular weight excluding hydrogens is 565 g/mol. The number of hydrogen-bond donors (Lipinski definition) is 0. The Balaban J connectivity index is 1.49. The number of fused-ring (bicyclic) bond motifs is 1. The van der Waals surface area contributed by atoms with Crippen molar-refractivity contribution in [3.8, 4) is 16.9 Å². The van der Waals surface area contributed by atoms with E-state index in [2.05, 4.69) is 18.1 Å². The van der Waals surface area contributed by atoms with Gasteiger partial charge in [0.15, 0.2) is 0 Å². The van der Waals surface area contributed by atoms with Gasteiger partial charge in [0.25, 0.3) is 5.91 Å². The molecule has 0 saturated carbocycles. The van der Waals surface area contributed by atoms with Gasteiger partial charge in [0.1, 0.15) is 5.75 Å². The van der Waals surface area contributed by atoms with Crippen LogP contribution >= 0.6 is 23.2 Å². The summed E-state index contributed by atoms with van der Waals surface area (Å²) in [6.45, 7) is 10.6. The molecule has 0 fully saturated rings. The monoisotopic (exact) mass is 601 g/mol. The third kappa shape index (κ3) is 5.60. The molecule has 218 valence electrons. The average Bonchev–Trinajstić information content (AvgIpc) is 3.44. The molecule has 1 heterocycles. The summed E-state index contributed by atoms with van der Waals surface area (Å²) in [5, 5.41) is 6.09. The average molecular weight is 603 g/mol. The molecule has 0 atom stereocenters. The highest BCUT2D eigenvalue weighted by Gasteiger charge is 2.32. The highest BCUT2D eigenvalue weighted by Crippen LogP contribution is 2.46. The SMILES string of the molecule is Cc1ccc(N(C)C(=O)C2=C(CCCOc3cc(C)c(Cl)c(C)c3)c3ccc(Cl)c(-c4c(C)nn(C)c4C)c3C2)cc1. The van der Waals surface area contributed by atoms with Crippen LogP contribution in [0.15, 0.2) is 54.1 Å². The molecule has 1 aromatic heterocycles. The second-order valence-electron chi connectivity index (χ2n) is 11.3. The van der Waals surface area contributed by atoms with Gasteiger partial charge >= 0.3 is 0 Å². The molecule has 1 amide bonds. The lowest BCUT2D eigenvalue weighted by molar-refractivity contribution is -0.114. The van der Waals surface area contributed by atoms with Gasteiger partial charge < -0.3 is 9.64 Å². The maximum atomic E-state index is 14.1. The van der Waals surface area contributed by atoms with Gasteiger partial charge in [-0.1, -0.05) is 47.0 Å². The first-order valence-corrected chi connectivity index (χ1v) is 15.0. The van der Waals surface area contributed by atoms with Gasteiger partial charge in [-0.3, -0.25) is 9.48 Å². The third-order valence-corrected chi connectivity index (χ3v) is 9.21. The maximum Gasteiger partial charge on any atom is 0.254 e. The van der Waals surface area contributed by atoms with E-state index in [1.54, 1.807) is 4.90 Å². The molecule has 0 spiro atoms. The lowest BCUT2D eigenvalue weighted by Gasteiger charge is -2.19. The van der Waals surface area contributed by atoms with E-state index in [-0.39, 0.29) is 5.91 Å². The molecule has 0 radical (unpaired) electrons. The highest BCUT2D eigenvalue weighted by atomic mass is 35.5. The molecule has 7 heteroatoms. The number of allylic oxidation sites excluding steroid dienone is 1. The topological polar surface area (TPSA) is 47.4 Å². The summed E-state index contributed by atoms with van der Waals surface area (Å²) < 4.78 is 8.02. The van der Waals surface area contributed by atoms with Crippen LogP contribution in [0.4, 0.5) is 5.69 Å². The van der Waals surface area contributed by atoms with E-state index < -0.39 is 0 Å². The minimum Gasteiger partial charge on any atom is -0.494 e. The summed E-state index contributed by atoms with van der Waals surface area (Å²) in [7, 11) is 3.79. The van der Waals surface area contributed by atoms with Crippen molar-refractivity contribution in [1.29, 1.82) is 0 Å². The smallest absolute Gasteiger partial charge is 0.254 e. The fourth-order valence-corrected chi connectivity index (χ4v) is 6.32. The van der Waals surface area contributed by atoms with Crippen LogP contribution in [0.25, 0.3) is 16.7 Å². The van der Waals surface area contributed by atoms with Crippen molar-refractivity contribution in [1.82, 2.24) is 9.78 Å². The molecule has 1 aliphatic rings. The normalized spacial score (nSPS) is 12.6. The van der Waals surface area contributed by atoms with Crippen LogP contribution in [-0.2, 0) is 18.3 Å². The van der Waals surface area contributed by atoms with Crippen molar-refractivity contribution in [2.24, 2.45) is 7.05 Å². The van der Waals surface area contributed by atoms with E-state index in [0.29, 0.717) is 24.5 Å². The zero-order chi connectivity index (χ0) is 30.3. The third-order valence-electron chi connectivity index (χ3n) is 8.30. The minimum absolute atomic E-state index is 0.00312. The van der Waals surface area contributed by atoms with Gasteiger partial charge in [0, 0.05) is 58.6 Å². The molecule has 42 heavy (non-hydrogen) atoms. The predicted octanol–water partition coefficient (Wildman–Crippen LogP) is 8.77. The van der Waals surface area contributed by atoms with Crippen LogP contribution in [0.3, 0.4) is 0 Å². The molecule has 0 saturated heterocycles. The first-order chi connectivity index (χ1) is 20.0. The molecule has 0 aliphatic heterocycles. The number of halogens is 2. The Morgan fingerprint density at radius 2 is 1.64 bits per heavy atom. The molecule has 0 N–H and O–H groups in total. The Bertz CT molecular complexity index is 1690. The zero-order valence-corrected chi connectivity index (χ0v) is 26.9. The van der Waals surface area contributed by atoms with Gasteiger partial charge in [0.05, 0.1) is 12.3 Å². The van der Waals surface area contributed by atoms with E-state index in [1.807, 2.05) is 88.9 Å². The summed E-state index contributed by atoms with van der Waals surface area (Å²) >= 11 is 13.2. The number of benzene rings is 3. The van der Waals surface area contributed by atoms with Crippen molar-refractivity contribution < 1.29 is 9.53 Å². The van der Waals surface area contributed by atoms with Crippen molar-refractivity contribution in [3.63, 3.8) is 0 Å². The minimum atomic E-state index is -0.00312. The number of anilines is 1. The Hall–Kier alpha value is -3.54. The van der Waals surface area contributed by atoms with Crippen LogP contribution in [0.1, 0.15) is 52.0 Å². The Labute approximate surface area is 258 Å². The lowest BCUT2D eigenvalue weighted by Crippen LogP contribution is -2.28. The number of aromatic nitrogens is 2. The first-order valence-electron chi connectivity index (χ1n) is 14.3. The molecule has 0 unspecified atom stereocenters. The Morgan fingerprint density at radius 1 is 0.976 bits per heavy atom. The van der Waals surface area contributed by atoms with Gasteiger partial charge in [-0.2, -0.15) is 5.10 Å². The van der Waals surface area contributed by atoms with Crippen LogP contribution in [0, 0.1) is 34.6 Å². The lowest BCUT2D eigenvalue weighted by atomic mass is 9.93. The number of ether oxygens (including phenoxy) is 1. The van der Waals surface area contributed by atoms with Crippen molar-refractivity contribution in [3.05, 3.63) is 103 Å². The number of nitrogens with zero attached hydrogens (tertiary/aromatic N) is 3. The fraction of sp³-hybridized carbons (Fsp3) is 0.314. The summed E-state index contributed by atoms with van der Waals surface area (Å²) in [5.74, 6) is 0.804. The van der Waals surface area contributed by atoms with Gasteiger partial charge in [0.2, 0.25) is 0 Å². The van der Waals surface area contributed by atoms with E-state index >= 15 is 0 Å². The van der Waals surface area contributed by atoms with E-state index in [1.165, 1.54) is 0 Å². The molecule has 0 bridgehead atoms. The summed E-state index contributed by atoms with van der Waals surface area (Å²) in [4.78, 5) is 15.9. The molecule has 4 aromatic rings. The van der Waals surface area contributed by atoms with Crippen LogP contribution < -0.4 is 9.64 Å². The van der Waals surface area contributed by atoms with Crippen LogP contribution in [0.2, 0.25) is 10.0 Å². The number of likely N-dealkylation sites (N-methyl/N-ethyl adjacent to an activating group) is 1. The predicted molar refractivity (Wildman–Crippen MR) is 174 cm³/mol.